The molecule has 8 heteroatoms. The fourth-order valence-corrected chi connectivity index (χ4v) is 3.60. The number of nitrogens with one attached hydrogen (secondary N) is 1. The lowest BCUT2D eigenvalue weighted by atomic mass is 10.1. The van der Waals surface area contributed by atoms with Crippen LogP contribution in [0.1, 0.15) is 24.8 Å². The summed E-state index contributed by atoms with van der Waals surface area (Å²) in [6, 6.07) is 7.75. The predicted octanol–water partition coefficient (Wildman–Crippen LogP) is 1.91. The van der Waals surface area contributed by atoms with Crippen LogP contribution in [0.4, 0.5) is 5.69 Å². The van der Waals surface area contributed by atoms with Gasteiger partial charge in [0.15, 0.2) is 0 Å². The second-order valence-electron chi connectivity index (χ2n) is 7.32. The van der Waals surface area contributed by atoms with Crippen LogP contribution in [-0.2, 0) is 16.0 Å². The van der Waals surface area contributed by atoms with Crippen molar-refractivity contribution >= 4 is 42.3 Å². The summed E-state index contributed by atoms with van der Waals surface area (Å²) >= 11 is 0. The molecule has 1 saturated heterocycles. The van der Waals surface area contributed by atoms with E-state index < -0.39 is 0 Å². The van der Waals surface area contributed by atoms with Gasteiger partial charge in [0.1, 0.15) is 0 Å². The molecule has 1 aliphatic heterocycles. The number of carbonyl (C=O) groups excluding carboxylic acids is 2. The monoisotopic (exact) mass is 416 g/mol. The van der Waals surface area contributed by atoms with Gasteiger partial charge in [-0.2, -0.15) is 0 Å². The van der Waals surface area contributed by atoms with E-state index in [0.717, 1.165) is 56.7 Å². The molecule has 152 valence electrons. The quantitative estimate of drug-likeness (QED) is 0.785. The molecule has 0 bridgehead atoms. The maximum Gasteiger partial charge on any atom is 0.227 e. The first-order chi connectivity index (χ1) is 12.0. The SMILES string of the molecule is CN1CCN(C(=O)Cc2cccc(NC(=O)C3CCC(N)C3)c2)CC1.Cl.Cl. The molecular weight excluding hydrogens is 387 g/mol. The Bertz CT molecular complexity index is 636. The molecule has 2 unspecified atom stereocenters. The van der Waals surface area contributed by atoms with Gasteiger partial charge in [-0.25, -0.2) is 0 Å². The van der Waals surface area contributed by atoms with E-state index in [1.165, 1.54) is 0 Å². The topological polar surface area (TPSA) is 78.7 Å². The third-order valence-corrected chi connectivity index (χ3v) is 5.25. The molecule has 27 heavy (non-hydrogen) atoms. The first-order valence-corrected chi connectivity index (χ1v) is 9.13. The molecule has 1 heterocycles. The summed E-state index contributed by atoms with van der Waals surface area (Å²) in [5.74, 6) is 0.194. The molecule has 1 aliphatic carbocycles. The Labute approximate surface area is 173 Å². The van der Waals surface area contributed by atoms with Crippen molar-refractivity contribution in [2.24, 2.45) is 11.7 Å². The molecule has 2 fully saturated rings. The molecule has 2 amide bonds. The number of hydrogen-bond donors (Lipinski definition) is 2. The number of nitrogens with zero attached hydrogens (tertiary/aromatic N) is 2. The lowest BCUT2D eigenvalue weighted by Crippen LogP contribution is -2.47. The Morgan fingerprint density at radius 3 is 2.48 bits per heavy atom. The highest BCUT2D eigenvalue weighted by molar-refractivity contribution is 5.93. The van der Waals surface area contributed by atoms with Crippen LogP contribution in [0.25, 0.3) is 0 Å². The van der Waals surface area contributed by atoms with E-state index in [9.17, 15) is 9.59 Å². The molecule has 1 saturated carbocycles. The maximum absolute atomic E-state index is 12.5. The number of amides is 2. The van der Waals surface area contributed by atoms with Crippen molar-refractivity contribution in [3.63, 3.8) is 0 Å². The van der Waals surface area contributed by atoms with Crippen molar-refractivity contribution in [2.45, 2.75) is 31.7 Å². The third kappa shape index (κ3) is 6.64. The van der Waals surface area contributed by atoms with E-state index in [1.807, 2.05) is 29.2 Å². The Morgan fingerprint density at radius 2 is 1.85 bits per heavy atom. The van der Waals surface area contributed by atoms with Crippen LogP contribution < -0.4 is 11.1 Å². The summed E-state index contributed by atoms with van der Waals surface area (Å²) in [7, 11) is 2.07. The third-order valence-electron chi connectivity index (χ3n) is 5.25. The second kappa shape index (κ2) is 10.9. The minimum absolute atomic E-state index is 0. The number of piperazine rings is 1. The first-order valence-electron chi connectivity index (χ1n) is 9.13. The van der Waals surface area contributed by atoms with Crippen molar-refractivity contribution in [3.05, 3.63) is 29.8 Å². The number of likely N-dealkylation sites (N-methyl/N-ethyl adjacent to an activating group) is 1. The number of halogens is 2. The summed E-state index contributed by atoms with van der Waals surface area (Å²) in [4.78, 5) is 28.9. The lowest BCUT2D eigenvalue weighted by Gasteiger charge is -2.32. The molecule has 3 N–H and O–H groups in total. The van der Waals surface area contributed by atoms with E-state index in [2.05, 4.69) is 17.3 Å². The Kier molecular flexibility index (Phi) is 9.53. The van der Waals surface area contributed by atoms with Crippen molar-refractivity contribution in [1.82, 2.24) is 9.80 Å². The number of hydrogen-bond acceptors (Lipinski definition) is 4. The zero-order valence-electron chi connectivity index (χ0n) is 15.7. The zero-order chi connectivity index (χ0) is 17.8. The predicted molar refractivity (Wildman–Crippen MR) is 113 cm³/mol. The summed E-state index contributed by atoms with van der Waals surface area (Å²) in [5.41, 5.74) is 7.58. The Balaban J connectivity index is 0.00000182. The fourth-order valence-electron chi connectivity index (χ4n) is 3.60. The molecule has 6 nitrogen and oxygen atoms in total. The molecule has 2 aliphatic rings. The van der Waals surface area contributed by atoms with Gasteiger partial charge >= 0.3 is 0 Å². The smallest absolute Gasteiger partial charge is 0.227 e. The van der Waals surface area contributed by atoms with Gasteiger partial charge in [-0.05, 0) is 44.0 Å². The van der Waals surface area contributed by atoms with Crippen LogP contribution in [0.5, 0.6) is 0 Å². The van der Waals surface area contributed by atoms with Gasteiger partial charge in [0, 0.05) is 43.8 Å². The van der Waals surface area contributed by atoms with Crippen LogP contribution in [0.15, 0.2) is 24.3 Å². The van der Waals surface area contributed by atoms with Crippen molar-refractivity contribution in [3.8, 4) is 0 Å². The van der Waals surface area contributed by atoms with Crippen LogP contribution in [0, 0.1) is 5.92 Å². The number of carbonyl (C=O) groups is 2. The number of anilines is 1. The molecule has 0 radical (unpaired) electrons. The normalized spacial score (nSPS) is 22.5. The van der Waals surface area contributed by atoms with Gasteiger partial charge in [0.25, 0.3) is 0 Å². The van der Waals surface area contributed by atoms with Crippen LogP contribution in [0.3, 0.4) is 0 Å². The van der Waals surface area contributed by atoms with Gasteiger partial charge in [0.2, 0.25) is 11.8 Å². The first kappa shape index (κ1) is 23.7. The standard InChI is InChI=1S/C19H28N4O2.2ClH/c1-22-7-9-23(10-8-22)18(24)12-14-3-2-4-17(11-14)21-19(25)15-5-6-16(20)13-15;;/h2-4,11,15-16H,5-10,12-13,20H2,1H3,(H,21,25);2*1H. The molecule has 3 rings (SSSR count). The Morgan fingerprint density at radius 1 is 1.15 bits per heavy atom. The van der Waals surface area contributed by atoms with E-state index in [4.69, 9.17) is 5.73 Å². The fraction of sp³-hybridized carbons (Fsp3) is 0.579. The van der Waals surface area contributed by atoms with E-state index in [-0.39, 0.29) is 48.6 Å². The van der Waals surface area contributed by atoms with E-state index in [1.54, 1.807) is 0 Å². The molecular formula is C19H30Cl2N4O2. The number of nitrogens with two attached hydrogens (primary N) is 1. The average molecular weight is 417 g/mol. The minimum atomic E-state index is 0. The molecule has 1 aromatic rings. The van der Waals surface area contributed by atoms with Gasteiger partial charge in [-0.15, -0.1) is 24.8 Å². The summed E-state index contributed by atoms with van der Waals surface area (Å²) in [6.07, 6.45) is 2.90. The molecule has 0 spiro atoms. The van der Waals surface area contributed by atoms with Crippen molar-refractivity contribution in [1.29, 1.82) is 0 Å². The molecule has 1 aromatic carbocycles. The summed E-state index contributed by atoms with van der Waals surface area (Å²) < 4.78 is 0. The molecule has 0 aromatic heterocycles. The zero-order valence-corrected chi connectivity index (χ0v) is 17.4. The van der Waals surface area contributed by atoms with Crippen LogP contribution in [-0.4, -0.2) is 60.9 Å². The van der Waals surface area contributed by atoms with E-state index in [0.29, 0.717) is 6.42 Å². The van der Waals surface area contributed by atoms with Gasteiger partial charge < -0.3 is 20.9 Å². The molecule has 2 atom stereocenters. The minimum Gasteiger partial charge on any atom is -0.340 e. The van der Waals surface area contributed by atoms with E-state index >= 15 is 0 Å². The van der Waals surface area contributed by atoms with Crippen molar-refractivity contribution in [2.75, 3.05) is 38.5 Å². The highest BCUT2D eigenvalue weighted by Crippen LogP contribution is 2.25. The highest BCUT2D eigenvalue weighted by Gasteiger charge is 2.27. The Hall–Kier alpha value is -1.34. The van der Waals surface area contributed by atoms with Crippen LogP contribution in [0.2, 0.25) is 0 Å². The van der Waals surface area contributed by atoms with Gasteiger partial charge in [-0.3, -0.25) is 9.59 Å². The van der Waals surface area contributed by atoms with Crippen molar-refractivity contribution < 1.29 is 9.59 Å². The largest absolute Gasteiger partial charge is 0.340 e. The van der Waals surface area contributed by atoms with Crippen LogP contribution >= 0.6 is 24.8 Å². The summed E-state index contributed by atoms with van der Waals surface area (Å²) in [6.45, 7) is 3.41. The number of benzene rings is 1. The van der Waals surface area contributed by atoms with Gasteiger partial charge in [0.05, 0.1) is 6.42 Å². The highest BCUT2D eigenvalue weighted by atomic mass is 35.5. The maximum atomic E-state index is 12.5. The lowest BCUT2D eigenvalue weighted by molar-refractivity contribution is -0.132. The second-order valence-corrected chi connectivity index (χ2v) is 7.32. The summed E-state index contributed by atoms with van der Waals surface area (Å²) in [5, 5.41) is 2.98. The van der Waals surface area contributed by atoms with Gasteiger partial charge in [-0.1, -0.05) is 12.1 Å². The number of rotatable bonds is 4. The average Bonchev–Trinajstić information content (AvgIpc) is 3.02.